The van der Waals surface area contributed by atoms with Crippen molar-refractivity contribution in [3.05, 3.63) is 34.1 Å². The van der Waals surface area contributed by atoms with Gasteiger partial charge in [0.2, 0.25) is 0 Å². The van der Waals surface area contributed by atoms with Gasteiger partial charge in [0.05, 0.1) is 10.7 Å². The summed E-state index contributed by atoms with van der Waals surface area (Å²) in [5.74, 6) is 1.59. The first-order valence-electron chi connectivity index (χ1n) is 9.38. The number of likely N-dealkylation sites (N-methyl/N-ethyl adjacent to an activating group) is 1. The molecule has 2 heterocycles. The molecule has 0 atom stereocenters. The van der Waals surface area contributed by atoms with Crippen LogP contribution in [0, 0.1) is 6.92 Å². The standard InChI is InChI=1S/C20H26Cl2N6/c1-6-9-28(11-10-26(3)4)20-18-17(23-13(2)24-20)19(27(5)25-18)15-8-7-14(21)12-16(15)22/h7-8,12H,6,9-11H2,1-5H3. The lowest BCUT2D eigenvalue weighted by molar-refractivity contribution is 0.412. The third-order valence-corrected chi connectivity index (χ3v) is 5.12. The molecule has 0 amide bonds. The highest BCUT2D eigenvalue weighted by Crippen LogP contribution is 2.36. The van der Waals surface area contributed by atoms with Crippen molar-refractivity contribution < 1.29 is 0 Å². The second-order valence-corrected chi connectivity index (χ2v) is 8.02. The molecule has 0 aliphatic rings. The Kier molecular flexibility index (Phi) is 6.43. The van der Waals surface area contributed by atoms with E-state index in [9.17, 15) is 0 Å². The molecule has 0 aliphatic carbocycles. The first-order valence-corrected chi connectivity index (χ1v) is 10.1. The van der Waals surface area contributed by atoms with Crippen molar-refractivity contribution in [1.82, 2.24) is 24.6 Å². The average Bonchev–Trinajstić information content (AvgIpc) is 2.94. The molecule has 3 rings (SSSR count). The van der Waals surface area contributed by atoms with E-state index in [0.717, 1.165) is 54.2 Å². The summed E-state index contributed by atoms with van der Waals surface area (Å²) in [6.07, 6.45) is 1.03. The number of fused-ring (bicyclic) bond motifs is 1. The Labute approximate surface area is 176 Å². The minimum absolute atomic E-state index is 0.577. The molecule has 0 spiro atoms. The molecule has 0 bridgehead atoms. The highest BCUT2D eigenvalue weighted by Gasteiger charge is 2.22. The number of aromatic nitrogens is 4. The molecule has 150 valence electrons. The van der Waals surface area contributed by atoms with Gasteiger partial charge in [0.25, 0.3) is 0 Å². The van der Waals surface area contributed by atoms with Gasteiger partial charge in [-0.05, 0) is 45.6 Å². The van der Waals surface area contributed by atoms with E-state index in [4.69, 9.17) is 38.3 Å². The fourth-order valence-corrected chi connectivity index (χ4v) is 3.78. The van der Waals surface area contributed by atoms with Crippen LogP contribution in [0.5, 0.6) is 0 Å². The van der Waals surface area contributed by atoms with Gasteiger partial charge in [0.1, 0.15) is 11.3 Å². The molecule has 3 aromatic rings. The van der Waals surface area contributed by atoms with Crippen LogP contribution < -0.4 is 4.90 Å². The van der Waals surface area contributed by atoms with E-state index >= 15 is 0 Å². The van der Waals surface area contributed by atoms with E-state index in [0.29, 0.717) is 15.9 Å². The molecule has 0 unspecified atom stereocenters. The maximum atomic E-state index is 6.48. The topological polar surface area (TPSA) is 50.1 Å². The van der Waals surface area contributed by atoms with Crippen LogP contribution >= 0.6 is 23.2 Å². The number of aryl methyl sites for hydroxylation is 2. The molecule has 6 nitrogen and oxygen atoms in total. The lowest BCUT2D eigenvalue weighted by Gasteiger charge is -2.25. The predicted octanol–water partition coefficient (Wildman–Crippen LogP) is 4.42. The van der Waals surface area contributed by atoms with Crippen LogP contribution in [-0.4, -0.2) is 58.4 Å². The van der Waals surface area contributed by atoms with Crippen LogP contribution in [0.1, 0.15) is 19.2 Å². The van der Waals surface area contributed by atoms with Crippen LogP contribution in [0.4, 0.5) is 5.82 Å². The van der Waals surface area contributed by atoms with Crippen molar-refractivity contribution in [1.29, 1.82) is 0 Å². The molecular formula is C20H26Cl2N6. The molecule has 28 heavy (non-hydrogen) atoms. The summed E-state index contributed by atoms with van der Waals surface area (Å²) in [6.45, 7) is 6.81. The van der Waals surface area contributed by atoms with Crippen molar-refractivity contribution in [2.24, 2.45) is 7.05 Å². The first kappa shape index (κ1) is 20.8. The van der Waals surface area contributed by atoms with Crippen LogP contribution in [0.3, 0.4) is 0 Å². The van der Waals surface area contributed by atoms with Gasteiger partial charge in [-0.3, -0.25) is 4.68 Å². The number of anilines is 1. The minimum Gasteiger partial charge on any atom is -0.353 e. The smallest absolute Gasteiger partial charge is 0.160 e. The Bertz CT molecular complexity index is 982. The van der Waals surface area contributed by atoms with Gasteiger partial charge < -0.3 is 9.80 Å². The number of halogens is 2. The predicted molar refractivity (Wildman–Crippen MR) is 118 cm³/mol. The highest BCUT2D eigenvalue weighted by molar-refractivity contribution is 6.36. The minimum atomic E-state index is 0.577. The molecule has 0 fully saturated rings. The van der Waals surface area contributed by atoms with Crippen molar-refractivity contribution in [2.75, 3.05) is 38.6 Å². The fourth-order valence-electron chi connectivity index (χ4n) is 3.28. The van der Waals surface area contributed by atoms with E-state index in [1.165, 1.54) is 0 Å². The highest BCUT2D eigenvalue weighted by atomic mass is 35.5. The monoisotopic (exact) mass is 420 g/mol. The Hall–Kier alpha value is -1.89. The normalized spacial score (nSPS) is 11.6. The quantitative estimate of drug-likeness (QED) is 0.565. The summed E-state index contributed by atoms with van der Waals surface area (Å²) in [4.78, 5) is 13.9. The Morgan fingerprint density at radius 1 is 1.04 bits per heavy atom. The first-order chi connectivity index (χ1) is 13.3. The molecule has 8 heteroatoms. The summed E-state index contributed by atoms with van der Waals surface area (Å²) in [7, 11) is 6.06. The maximum Gasteiger partial charge on any atom is 0.160 e. The third-order valence-electron chi connectivity index (χ3n) is 4.57. The summed E-state index contributed by atoms with van der Waals surface area (Å²) in [6, 6.07) is 5.48. The van der Waals surface area contributed by atoms with Crippen molar-refractivity contribution in [3.63, 3.8) is 0 Å². The number of nitrogens with zero attached hydrogens (tertiary/aromatic N) is 6. The SMILES string of the molecule is CCCN(CCN(C)C)c1nc(C)nc2c(-c3ccc(Cl)cc3Cl)n(C)nc12. The zero-order chi connectivity index (χ0) is 20.4. The van der Waals surface area contributed by atoms with Crippen LogP contribution in [-0.2, 0) is 7.05 Å². The lowest BCUT2D eigenvalue weighted by atomic mass is 10.1. The molecule has 0 aliphatic heterocycles. The molecule has 0 saturated heterocycles. The Morgan fingerprint density at radius 3 is 2.43 bits per heavy atom. The van der Waals surface area contributed by atoms with Crippen LogP contribution in [0.2, 0.25) is 10.0 Å². The van der Waals surface area contributed by atoms with Crippen molar-refractivity contribution >= 4 is 40.1 Å². The Balaban J connectivity index is 2.18. The summed E-state index contributed by atoms with van der Waals surface area (Å²) in [5.41, 5.74) is 3.32. The van der Waals surface area contributed by atoms with Gasteiger partial charge in [-0.25, -0.2) is 9.97 Å². The number of hydrogen-bond donors (Lipinski definition) is 0. The van der Waals surface area contributed by atoms with Crippen molar-refractivity contribution in [3.8, 4) is 11.3 Å². The number of hydrogen-bond acceptors (Lipinski definition) is 5. The average molecular weight is 421 g/mol. The number of rotatable bonds is 7. The molecular weight excluding hydrogens is 395 g/mol. The molecule has 0 radical (unpaired) electrons. The van der Waals surface area contributed by atoms with Crippen molar-refractivity contribution in [2.45, 2.75) is 20.3 Å². The summed E-state index contributed by atoms with van der Waals surface area (Å²) >= 11 is 12.6. The van der Waals surface area contributed by atoms with Gasteiger partial charge >= 0.3 is 0 Å². The van der Waals surface area contributed by atoms with Gasteiger partial charge in [-0.2, -0.15) is 5.10 Å². The number of benzene rings is 1. The zero-order valence-electron chi connectivity index (χ0n) is 17.0. The largest absolute Gasteiger partial charge is 0.353 e. The maximum absolute atomic E-state index is 6.48. The summed E-state index contributed by atoms with van der Waals surface area (Å²) < 4.78 is 1.83. The van der Waals surface area contributed by atoms with E-state index in [1.807, 2.05) is 30.8 Å². The van der Waals surface area contributed by atoms with Gasteiger partial charge in [0.15, 0.2) is 11.3 Å². The van der Waals surface area contributed by atoms with E-state index in [1.54, 1.807) is 6.07 Å². The summed E-state index contributed by atoms with van der Waals surface area (Å²) in [5, 5.41) is 5.95. The molecule has 0 N–H and O–H groups in total. The van der Waals surface area contributed by atoms with Gasteiger partial charge in [-0.15, -0.1) is 0 Å². The molecule has 0 saturated carbocycles. The van der Waals surface area contributed by atoms with E-state index in [-0.39, 0.29) is 0 Å². The molecule has 2 aromatic heterocycles. The van der Waals surface area contributed by atoms with Crippen LogP contribution in [0.15, 0.2) is 18.2 Å². The zero-order valence-corrected chi connectivity index (χ0v) is 18.5. The molecule has 1 aromatic carbocycles. The fraction of sp³-hybridized carbons (Fsp3) is 0.450. The second kappa shape index (κ2) is 8.64. The van der Waals surface area contributed by atoms with Crippen LogP contribution in [0.25, 0.3) is 22.3 Å². The van der Waals surface area contributed by atoms with E-state index < -0.39 is 0 Å². The second-order valence-electron chi connectivity index (χ2n) is 7.18. The Morgan fingerprint density at radius 2 is 1.79 bits per heavy atom. The van der Waals surface area contributed by atoms with E-state index in [2.05, 4.69) is 30.8 Å². The third kappa shape index (κ3) is 4.24. The van der Waals surface area contributed by atoms with Gasteiger partial charge in [-0.1, -0.05) is 30.1 Å². The lowest BCUT2D eigenvalue weighted by Crippen LogP contribution is -2.33. The van der Waals surface area contributed by atoms with Gasteiger partial charge in [0, 0.05) is 37.3 Å².